The van der Waals surface area contributed by atoms with Gasteiger partial charge in [-0.1, -0.05) is 91.9 Å². The van der Waals surface area contributed by atoms with E-state index >= 15 is 0 Å². The van der Waals surface area contributed by atoms with Crippen LogP contribution in [0.25, 0.3) is 0 Å². The Bertz CT molecular complexity index is 1760. The van der Waals surface area contributed by atoms with Crippen LogP contribution in [0.15, 0.2) is 115 Å². The van der Waals surface area contributed by atoms with E-state index in [9.17, 15) is 19.2 Å². The lowest BCUT2D eigenvalue weighted by molar-refractivity contribution is -0.141. The van der Waals surface area contributed by atoms with Crippen LogP contribution in [0, 0.1) is 11.8 Å². The van der Waals surface area contributed by atoms with Crippen molar-refractivity contribution in [2.75, 3.05) is 6.61 Å². The Labute approximate surface area is 278 Å². The molecular formula is C39H34O9. The molecule has 48 heavy (non-hydrogen) atoms. The van der Waals surface area contributed by atoms with E-state index in [-0.39, 0.29) is 16.7 Å². The third-order valence-electron chi connectivity index (χ3n) is 7.41. The maximum absolute atomic E-state index is 13.6. The van der Waals surface area contributed by atoms with Crippen molar-refractivity contribution in [1.82, 2.24) is 0 Å². The predicted molar refractivity (Wildman–Crippen MR) is 175 cm³/mol. The van der Waals surface area contributed by atoms with Crippen molar-refractivity contribution in [3.05, 3.63) is 143 Å². The lowest BCUT2D eigenvalue weighted by atomic mass is 10.1. The maximum atomic E-state index is 13.6. The molecule has 4 aromatic carbocycles. The number of carbonyl (C=O) groups excluding carboxylic acids is 4. The van der Waals surface area contributed by atoms with Gasteiger partial charge in [0.2, 0.25) is 12.4 Å². The van der Waals surface area contributed by atoms with Gasteiger partial charge in [0, 0.05) is 12.0 Å². The third-order valence-corrected chi connectivity index (χ3v) is 7.41. The van der Waals surface area contributed by atoms with E-state index in [0.717, 1.165) is 12.8 Å². The SMILES string of the molecule is CCCCC#Cc1ccccc1C(=O)OC1O[C@@H](COC(=O)c2ccccc2)[C@H](OC(=O)c2ccccc2)[C@H]1OC(=O)c1ccccc1. The molecule has 1 aliphatic heterocycles. The van der Waals surface area contributed by atoms with Crippen molar-refractivity contribution in [2.24, 2.45) is 0 Å². The first kappa shape index (κ1) is 33.6. The zero-order valence-corrected chi connectivity index (χ0v) is 26.3. The highest BCUT2D eigenvalue weighted by atomic mass is 16.8. The molecule has 0 spiro atoms. The van der Waals surface area contributed by atoms with Gasteiger partial charge in [0.25, 0.3) is 0 Å². The lowest BCUT2D eigenvalue weighted by Gasteiger charge is -2.24. The van der Waals surface area contributed by atoms with Crippen LogP contribution in [-0.2, 0) is 23.7 Å². The summed E-state index contributed by atoms with van der Waals surface area (Å²) in [6.45, 7) is 1.66. The van der Waals surface area contributed by atoms with Crippen LogP contribution in [-0.4, -0.2) is 55.1 Å². The molecule has 0 aliphatic carbocycles. The number of carbonyl (C=O) groups is 4. The molecular weight excluding hydrogens is 612 g/mol. The van der Waals surface area contributed by atoms with Gasteiger partial charge in [0.1, 0.15) is 12.7 Å². The standard InChI is InChI=1S/C39H34O9/c1-2-3-4-8-17-27-18-15-16-25-31(27)38(43)48-39-34(47-37(42)30-23-13-7-14-24-30)33(46-36(41)29-21-11-6-12-22-29)32(45-39)26-44-35(40)28-19-9-5-10-20-28/h5-7,9-16,18-25,32-34,39H,2-4,26H2,1H3/t32-,33-,34+,39?/m0/s1. The van der Waals surface area contributed by atoms with Crippen molar-refractivity contribution in [1.29, 1.82) is 0 Å². The molecule has 0 saturated carbocycles. The summed E-state index contributed by atoms with van der Waals surface area (Å²) in [5.74, 6) is 3.14. The van der Waals surface area contributed by atoms with E-state index in [1.54, 1.807) is 115 Å². The molecule has 0 bridgehead atoms. The van der Waals surface area contributed by atoms with Crippen molar-refractivity contribution in [2.45, 2.75) is 50.8 Å². The Morgan fingerprint density at radius 1 is 0.625 bits per heavy atom. The van der Waals surface area contributed by atoms with Crippen LogP contribution in [0.1, 0.15) is 73.2 Å². The van der Waals surface area contributed by atoms with Gasteiger partial charge in [-0.05, 0) is 55.0 Å². The first-order chi connectivity index (χ1) is 23.4. The molecule has 5 rings (SSSR count). The molecule has 244 valence electrons. The molecule has 9 nitrogen and oxygen atoms in total. The van der Waals surface area contributed by atoms with Gasteiger partial charge in [-0.3, -0.25) is 0 Å². The molecule has 0 N–H and O–H groups in total. The monoisotopic (exact) mass is 646 g/mol. The van der Waals surface area contributed by atoms with Crippen LogP contribution in [0.4, 0.5) is 0 Å². The van der Waals surface area contributed by atoms with Gasteiger partial charge in [-0.15, -0.1) is 0 Å². The van der Waals surface area contributed by atoms with Crippen LogP contribution in [0.5, 0.6) is 0 Å². The molecule has 1 unspecified atom stereocenters. The smallest absolute Gasteiger partial charge is 0.341 e. The highest BCUT2D eigenvalue weighted by Crippen LogP contribution is 2.31. The maximum Gasteiger partial charge on any atom is 0.341 e. The van der Waals surface area contributed by atoms with E-state index in [0.29, 0.717) is 17.5 Å². The average Bonchev–Trinajstić information content (AvgIpc) is 3.44. The molecule has 4 atom stereocenters. The Kier molecular flexibility index (Phi) is 11.7. The molecule has 1 heterocycles. The minimum absolute atomic E-state index is 0.176. The van der Waals surface area contributed by atoms with Crippen LogP contribution in [0.2, 0.25) is 0 Å². The Morgan fingerprint density at radius 3 is 1.73 bits per heavy atom. The van der Waals surface area contributed by atoms with Gasteiger partial charge < -0.3 is 23.7 Å². The number of hydrogen-bond donors (Lipinski definition) is 0. The third kappa shape index (κ3) is 8.75. The van der Waals surface area contributed by atoms with E-state index in [1.807, 2.05) is 0 Å². The Hall–Kier alpha value is -5.72. The van der Waals surface area contributed by atoms with Crippen molar-refractivity contribution < 1.29 is 42.9 Å². The number of ether oxygens (including phenoxy) is 5. The van der Waals surface area contributed by atoms with Gasteiger partial charge >= 0.3 is 23.9 Å². The summed E-state index contributed by atoms with van der Waals surface area (Å²) >= 11 is 0. The lowest BCUT2D eigenvalue weighted by Crippen LogP contribution is -2.43. The fourth-order valence-corrected chi connectivity index (χ4v) is 4.90. The summed E-state index contributed by atoms with van der Waals surface area (Å²) in [5, 5.41) is 0. The largest absolute Gasteiger partial charge is 0.459 e. The quantitative estimate of drug-likeness (QED) is 0.0788. The number of benzene rings is 4. The molecule has 9 heteroatoms. The van der Waals surface area contributed by atoms with Gasteiger partial charge in [-0.25, -0.2) is 19.2 Å². The summed E-state index contributed by atoms with van der Waals surface area (Å²) in [7, 11) is 0. The normalized spacial score (nSPS) is 18.1. The van der Waals surface area contributed by atoms with Gasteiger partial charge in [0.15, 0.2) is 6.10 Å². The predicted octanol–water partition coefficient (Wildman–Crippen LogP) is 6.42. The minimum Gasteiger partial charge on any atom is -0.459 e. The summed E-state index contributed by atoms with van der Waals surface area (Å²) in [6.07, 6.45) is -2.92. The van der Waals surface area contributed by atoms with E-state index in [2.05, 4.69) is 18.8 Å². The van der Waals surface area contributed by atoms with Gasteiger partial charge in [0.05, 0.1) is 22.3 Å². The molecule has 0 aromatic heterocycles. The van der Waals surface area contributed by atoms with Crippen molar-refractivity contribution in [3.63, 3.8) is 0 Å². The molecule has 4 aromatic rings. The van der Waals surface area contributed by atoms with Crippen molar-refractivity contribution >= 4 is 23.9 Å². The summed E-state index contributed by atoms with van der Waals surface area (Å²) < 4.78 is 29.2. The molecule has 1 fully saturated rings. The molecule has 1 aliphatic rings. The Morgan fingerprint density at radius 2 is 1.15 bits per heavy atom. The van der Waals surface area contributed by atoms with E-state index in [1.165, 1.54) is 0 Å². The number of unbranched alkanes of at least 4 members (excludes halogenated alkanes) is 2. The minimum atomic E-state index is -1.54. The van der Waals surface area contributed by atoms with Gasteiger partial charge in [-0.2, -0.15) is 0 Å². The number of rotatable bonds is 11. The topological polar surface area (TPSA) is 114 Å². The van der Waals surface area contributed by atoms with Crippen molar-refractivity contribution in [3.8, 4) is 11.8 Å². The highest BCUT2D eigenvalue weighted by molar-refractivity contribution is 5.93. The molecule has 1 saturated heterocycles. The fraction of sp³-hybridized carbons (Fsp3) is 0.231. The number of hydrogen-bond acceptors (Lipinski definition) is 9. The average molecular weight is 647 g/mol. The van der Waals surface area contributed by atoms with Crippen LogP contribution < -0.4 is 0 Å². The zero-order chi connectivity index (χ0) is 33.7. The number of esters is 4. The summed E-state index contributed by atoms with van der Waals surface area (Å²) in [4.78, 5) is 53.1. The zero-order valence-electron chi connectivity index (χ0n) is 26.3. The first-order valence-corrected chi connectivity index (χ1v) is 15.6. The molecule has 0 amide bonds. The summed E-state index contributed by atoms with van der Waals surface area (Å²) in [6, 6.07) is 31.4. The van der Waals surface area contributed by atoms with E-state index < -0.39 is 55.1 Å². The van der Waals surface area contributed by atoms with Crippen LogP contribution in [0.3, 0.4) is 0 Å². The Balaban J connectivity index is 1.45. The summed E-state index contributed by atoms with van der Waals surface area (Å²) in [5.41, 5.74) is 1.36. The second kappa shape index (κ2) is 16.7. The highest BCUT2D eigenvalue weighted by Gasteiger charge is 2.52. The fourth-order valence-electron chi connectivity index (χ4n) is 4.90. The van der Waals surface area contributed by atoms with E-state index in [4.69, 9.17) is 23.7 Å². The molecule has 0 radical (unpaired) electrons. The first-order valence-electron chi connectivity index (χ1n) is 15.6. The van der Waals surface area contributed by atoms with Crippen LogP contribution >= 0.6 is 0 Å². The second-order valence-electron chi connectivity index (χ2n) is 10.8. The second-order valence-corrected chi connectivity index (χ2v) is 10.8.